The number of hydrogen-bond acceptors (Lipinski definition) is 4. The largest absolute Gasteiger partial charge is 0.481 e. The Hall–Kier alpha value is -1.14. The van der Waals surface area contributed by atoms with Gasteiger partial charge in [-0.3, -0.25) is 9.59 Å². The lowest BCUT2D eigenvalue weighted by molar-refractivity contribution is -0.151. The number of carboxylic acids is 1. The predicted octanol–water partition coefficient (Wildman–Crippen LogP) is 0.762. The molecule has 1 unspecified atom stereocenters. The minimum Gasteiger partial charge on any atom is -0.481 e. The zero-order valence-corrected chi connectivity index (χ0v) is 12.7. The van der Waals surface area contributed by atoms with E-state index in [0.717, 1.165) is 19.4 Å². The SMILES string of the molecule is CC1CCC(CNC(=O)CC2CNCCO2)(C(=O)O)CC1. The van der Waals surface area contributed by atoms with Crippen LogP contribution in [0.1, 0.15) is 39.0 Å². The zero-order chi connectivity index (χ0) is 15.3. The highest BCUT2D eigenvalue weighted by Gasteiger charge is 2.41. The second-order valence-corrected chi connectivity index (χ2v) is 6.45. The molecule has 0 aromatic heterocycles. The number of aliphatic carboxylic acids is 1. The van der Waals surface area contributed by atoms with Crippen molar-refractivity contribution < 1.29 is 19.4 Å². The number of carbonyl (C=O) groups is 2. The van der Waals surface area contributed by atoms with Crippen molar-refractivity contribution in [1.29, 1.82) is 0 Å². The van der Waals surface area contributed by atoms with E-state index < -0.39 is 11.4 Å². The summed E-state index contributed by atoms with van der Waals surface area (Å²) in [6.07, 6.45) is 3.30. The Balaban J connectivity index is 1.81. The second-order valence-electron chi connectivity index (χ2n) is 6.45. The summed E-state index contributed by atoms with van der Waals surface area (Å²) in [6, 6.07) is 0. The van der Waals surface area contributed by atoms with Crippen molar-refractivity contribution in [1.82, 2.24) is 10.6 Å². The van der Waals surface area contributed by atoms with Gasteiger partial charge in [0, 0.05) is 19.6 Å². The van der Waals surface area contributed by atoms with Gasteiger partial charge < -0.3 is 20.5 Å². The normalized spacial score (nSPS) is 33.4. The van der Waals surface area contributed by atoms with Crippen molar-refractivity contribution in [3.63, 3.8) is 0 Å². The molecule has 2 fully saturated rings. The van der Waals surface area contributed by atoms with Crippen LogP contribution >= 0.6 is 0 Å². The van der Waals surface area contributed by atoms with Crippen LogP contribution in [0.4, 0.5) is 0 Å². The van der Waals surface area contributed by atoms with E-state index in [4.69, 9.17) is 4.74 Å². The molecular weight excluding hydrogens is 272 g/mol. The lowest BCUT2D eigenvalue weighted by Gasteiger charge is -2.36. The predicted molar refractivity (Wildman–Crippen MR) is 77.9 cm³/mol. The van der Waals surface area contributed by atoms with E-state index in [1.807, 2.05) is 0 Å². The summed E-state index contributed by atoms with van der Waals surface area (Å²) in [7, 11) is 0. The highest BCUT2D eigenvalue weighted by atomic mass is 16.5. The summed E-state index contributed by atoms with van der Waals surface area (Å²) in [5.74, 6) is -0.330. The van der Waals surface area contributed by atoms with Crippen LogP contribution in [0.2, 0.25) is 0 Å². The molecule has 0 aromatic carbocycles. The number of nitrogens with one attached hydrogen (secondary N) is 2. The minimum absolute atomic E-state index is 0.106. The van der Waals surface area contributed by atoms with Crippen LogP contribution in [-0.4, -0.2) is 49.3 Å². The van der Waals surface area contributed by atoms with Crippen molar-refractivity contribution in [2.75, 3.05) is 26.2 Å². The van der Waals surface area contributed by atoms with Crippen molar-refractivity contribution in [3.05, 3.63) is 0 Å². The molecule has 1 heterocycles. The first kappa shape index (κ1) is 16.2. The third-order valence-corrected chi connectivity index (χ3v) is 4.73. The maximum absolute atomic E-state index is 12.0. The Bertz CT molecular complexity index is 372. The molecule has 1 amide bonds. The third kappa shape index (κ3) is 4.41. The fourth-order valence-electron chi connectivity index (χ4n) is 3.08. The lowest BCUT2D eigenvalue weighted by Crippen LogP contribution is -2.47. The number of carbonyl (C=O) groups excluding carboxylic acids is 1. The molecule has 1 aliphatic heterocycles. The highest BCUT2D eigenvalue weighted by molar-refractivity contribution is 5.79. The first-order valence-corrected chi connectivity index (χ1v) is 7.84. The number of carboxylic acid groups (broad SMARTS) is 1. The Labute approximate surface area is 125 Å². The van der Waals surface area contributed by atoms with E-state index >= 15 is 0 Å². The summed E-state index contributed by atoms with van der Waals surface area (Å²) in [5, 5.41) is 15.5. The molecule has 21 heavy (non-hydrogen) atoms. The third-order valence-electron chi connectivity index (χ3n) is 4.73. The molecule has 6 heteroatoms. The van der Waals surface area contributed by atoms with E-state index in [1.165, 1.54) is 0 Å². The molecule has 0 aromatic rings. The van der Waals surface area contributed by atoms with Gasteiger partial charge >= 0.3 is 5.97 Å². The maximum atomic E-state index is 12.0. The first-order valence-electron chi connectivity index (χ1n) is 7.84. The summed E-state index contributed by atoms with van der Waals surface area (Å²) < 4.78 is 5.49. The molecule has 0 spiro atoms. The number of morpholine rings is 1. The Morgan fingerprint density at radius 2 is 2.10 bits per heavy atom. The molecule has 2 rings (SSSR count). The van der Waals surface area contributed by atoms with Gasteiger partial charge in [0.25, 0.3) is 0 Å². The molecule has 3 N–H and O–H groups in total. The molecule has 0 bridgehead atoms. The van der Waals surface area contributed by atoms with E-state index in [-0.39, 0.29) is 18.6 Å². The van der Waals surface area contributed by atoms with Gasteiger partial charge in [-0.25, -0.2) is 0 Å². The van der Waals surface area contributed by atoms with Gasteiger partial charge in [0.1, 0.15) is 0 Å². The number of ether oxygens (including phenoxy) is 1. The molecule has 120 valence electrons. The zero-order valence-electron chi connectivity index (χ0n) is 12.7. The van der Waals surface area contributed by atoms with Crippen molar-refractivity contribution in [3.8, 4) is 0 Å². The minimum atomic E-state index is -0.787. The Kier molecular flexibility index (Phi) is 5.58. The van der Waals surface area contributed by atoms with Crippen LogP contribution in [0.25, 0.3) is 0 Å². The van der Waals surface area contributed by atoms with Crippen LogP contribution in [-0.2, 0) is 14.3 Å². The monoisotopic (exact) mass is 298 g/mol. The molecule has 6 nitrogen and oxygen atoms in total. The fourth-order valence-corrected chi connectivity index (χ4v) is 3.08. The quantitative estimate of drug-likeness (QED) is 0.697. The number of amides is 1. The summed E-state index contributed by atoms with van der Waals surface area (Å²) >= 11 is 0. The maximum Gasteiger partial charge on any atom is 0.311 e. The summed E-state index contributed by atoms with van der Waals surface area (Å²) in [6.45, 7) is 4.49. The molecule has 2 aliphatic rings. The Morgan fingerprint density at radius 3 is 2.67 bits per heavy atom. The molecule has 1 atom stereocenters. The van der Waals surface area contributed by atoms with Gasteiger partial charge in [-0.1, -0.05) is 6.92 Å². The van der Waals surface area contributed by atoms with Gasteiger partial charge in [-0.05, 0) is 31.6 Å². The van der Waals surface area contributed by atoms with Crippen LogP contribution in [0, 0.1) is 11.3 Å². The fraction of sp³-hybridized carbons (Fsp3) is 0.867. The van der Waals surface area contributed by atoms with Crippen molar-refractivity contribution in [2.45, 2.75) is 45.1 Å². The van der Waals surface area contributed by atoms with Crippen LogP contribution < -0.4 is 10.6 Å². The topological polar surface area (TPSA) is 87.7 Å². The molecule has 0 radical (unpaired) electrons. The van der Waals surface area contributed by atoms with Crippen molar-refractivity contribution in [2.24, 2.45) is 11.3 Å². The first-order chi connectivity index (χ1) is 10.0. The van der Waals surface area contributed by atoms with Gasteiger partial charge in [-0.2, -0.15) is 0 Å². The molecular formula is C15H26N2O4. The van der Waals surface area contributed by atoms with E-state index in [2.05, 4.69) is 17.6 Å². The molecule has 1 aliphatic carbocycles. The summed E-state index contributed by atoms with van der Waals surface area (Å²) in [5.41, 5.74) is -0.784. The van der Waals surface area contributed by atoms with Crippen LogP contribution in [0.15, 0.2) is 0 Å². The van der Waals surface area contributed by atoms with E-state index in [9.17, 15) is 14.7 Å². The van der Waals surface area contributed by atoms with Crippen LogP contribution in [0.5, 0.6) is 0 Å². The Morgan fingerprint density at radius 1 is 1.38 bits per heavy atom. The smallest absolute Gasteiger partial charge is 0.311 e. The van der Waals surface area contributed by atoms with Crippen molar-refractivity contribution >= 4 is 11.9 Å². The van der Waals surface area contributed by atoms with E-state index in [1.54, 1.807) is 0 Å². The number of rotatable bonds is 5. The number of hydrogen-bond donors (Lipinski definition) is 3. The van der Waals surface area contributed by atoms with Gasteiger partial charge in [-0.15, -0.1) is 0 Å². The average Bonchev–Trinajstić information content (AvgIpc) is 2.48. The highest BCUT2D eigenvalue weighted by Crippen LogP contribution is 2.38. The molecule has 1 saturated heterocycles. The molecule has 1 saturated carbocycles. The summed E-state index contributed by atoms with van der Waals surface area (Å²) in [4.78, 5) is 23.6. The van der Waals surface area contributed by atoms with Gasteiger partial charge in [0.05, 0.1) is 24.5 Å². The average molecular weight is 298 g/mol. The lowest BCUT2D eigenvalue weighted by atomic mass is 9.71. The van der Waals surface area contributed by atoms with Gasteiger partial charge in [0.15, 0.2) is 0 Å². The van der Waals surface area contributed by atoms with Gasteiger partial charge in [0.2, 0.25) is 5.91 Å². The van der Waals surface area contributed by atoms with Crippen LogP contribution in [0.3, 0.4) is 0 Å². The second kappa shape index (κ2) is 7.22. The van der Waals surface area contributed by atoms with E-state index in [0.29, 0.717) is 38.3 Å². The standard InChI is InChI=1S/C15H26N2O4/c1-11-2-4-15(5-3-11,14(19)20)10-17-13(18)8-12-9-16-6-7-21-12/h11-12,16H,2-10H2,1H3,(H,17,18)(H,19,20).